The molecule has 0 aliphatic rings. The fraction of sp³-hybridized carbons (Fsp3) is 0.133. The van der Waals surface area contributed by atoms with Gasteiger partial charge in [0.25, 0.3) is 5.91 Å². The zero-order valence-electron chi connectivity index (χ0n) is 11.6. The number of rotatable bonds is 2. The number of nitrogens with two attached hydrogens (primary N) is 1. The molecule has 0 aliphatic carbocycles. The van der Waals surface area contributed by atoms with Crippen LogP contribution in [0.5, 0.6) is 0 Å². The quantitative estimate of drug-likeness (QED) is 0.791. The van der Waals surface area contributed by atoms with Crippen LogP contribution in [-0.4, -0.2) is 20.7 Å². The first-order valence-corrected chi connectivity index (χ1v) is 6.77. The van der Waals surface area contributed by atoms with Crippen molar-refractivity contribution < 1.29 is 4.79 Å². The van der Waals surface area contributed by atoms with Gasteiger partial charge < -0.3 is 5.73 Å². The number of halogens is 1. The summed E-state index contributed by atoms with van der Waals surface area (Å²) >= 11 is 6.27. The maximum absolute atomic E-state index is 11.4. The summed E-state index contributed by atoms with van der Waals surface area (Å²) in [5.74, 6) is -0.600. The SMILES string of the molecule is Cc1ccc(-n2nc(C)c3c(Cl)c(C(N)=O)cnc32)cc1. The Labute approximate surface area is 126 Å². The van der Waals surface area contributed by atoms with Crippen LogP contribution >= 0.6 is 11.6 Å². The number of carbonyl (C=O) groups excluding carboxylic acids is 1. The van der Waals surface area contributed by atoms with E-state index in [4.69, 9.17) is 17.3 Å². The lowest BCUT2D eigenvalue weighted by atomic mass is 10.2. The highest BCUT2D eigenvalue weighted by Crippen LogP contribution is 2.29. The number of primary amides is 1. The topological polar surface area (TPSA) is 73.8 Å². The molecule has 0 atom stereocenters. The first-order chi connectivity index (χ1) is 9.99. The highest BCUT2D eigenvalue weighted by Gasteiger charge is 2.18. The van der Waals surface area contributed by atoms with Crippen LogP contribution in [0.2, 0.25) is 5.02 Å². The summed E-state index contributed by atoms with van der Waals surface area (Å²) in [7, 11) is 0. The number of carbonyl (C=O) groups is 1. The Balaban J connectivity index is 2.30. The Morgan fingerprint density at radius 1 is 1.24 bits per heavy atom. The fourth-order valence-corrected chi connectivity index (χ4v) is 2.61. The van der Waals surface area contributed by atoms with Crippen LogP contribution in [0.3, 0.4) is 0 Å². The lowest BCUT2D eigenvalue weighted by molar-refractivity contribution is 0.100. The number of fused-ring (bicyclic) bond motifs is 1. The van der Waals surface area contributed by atoms with Crippen molar-refractivity contribution in [3.05, 3.63) is 52.3 Å². The summed E-state index contributed by atoms with van der Waals surface area (Å²) in [6.45, 7) is 3.84. The van der Waals surface area contributed by atoms with Crippen molar-refractivity contribution in [3.8, 4) is 5.69 Å². The van der Waals surface area contributed by atoms with Gasteiger partial charge >= 0.3 is 0 Å². The van der Waals surface area contributed by atoms with Crippen LogP contribution in [0.1, 0.15) is 21.6 Å². The number of nitrogens with zero attached hydrogens (tertiary/aromatic N) is 3. The third kappa shape index (κ3) is 2.15. The minimum atomic E-state index is -0.600. The molecular weight excluding hydrogens is 288 g/mol. The molecule has 0 bridgehead atoms. The summed E-state index contributed by atoms with van der Waals surface area (Å²) in [4.78, 5) is 15.7. The van der Waals surface area contributed by atoms with E-state index in [1.807, 2.05) is 38.1 Å². The predicted molar refractivity (Wildman–Crippen MR) is 81.9 cm³/mol. The number of benzene rings is 1. The van der Waals surface area contributed by atoms with Gasteiger partial charge in [-0.15, -0.1) is 0 Å². The van der Waals surface area contributed by atoms with E-state index in [0.29, 0.717) is 21.7 Å². The van der Waals surface area contributed by atoms with E-state index in [0.717, 1.165) is 11.3 Å². The van der Waals surface area contributed by atoms with Crippen molar-refractivity contribution in [3.63, 3.8) is 0 Å². The van der Waals surface area contributed by atoms with E-state index >= 15 is 0 Å². The molecule has 106 valence electrons. The molecule has 0 unspecified atom stereocenters. The molecule has 0 saturated heterocycles. The number of hydrogen-bond donors (Lipinski definition) is 1. The van der Waals surface area contributed by atoms with Crippen molar-refractivity contribution in [1.82, 2.24) is 14.8 Å². The van der Waals surface area contributed by atoms with E-state index in [2.05, 4.69) is 10.1 Å². The molecule has 1 aromatic carbocycles. The van der Waals surface area contributed by atoms with Gasteiger partial charge in [-0.1, -0.05) is 29.3 Å². The molecule has 3 aromatic rings. The van der Waals surface area contributed by atoms with Gasteiger partial charge in [0.2, 0.25) is 0 Å². The first kappa shape index (κ1) is 13.6. The van der Waals surface area contributed by atoms with Crippen LogP contribution in [-0.2, 0) is 0 Å². The second-order valence-corrected chi connectivity index (χ2v) is 5.26. The Kier molecular flexibility index (Phi) is 3.14. The third-order valence-corrected chi connectivity index (χ3v) is 3.74. The summed E-state index contributed by atoms with van der Waals surface area (Å²) in [6, 6.07) is 7.91. The molecule has 2 aromatic heterocycles. The molecule has 2 N–H and O–H groups in total. The Morgan fingerprint density at radius 3 is 2.52 bits per heavy atom. The number of hydrogen-bond acceptors (Lipinski definition) is 3. The molecular formula is C15H13ClN4O. The van der Waals surface area contributed by atoms with Gasteiger partial charge in [0.15, 0.2) is 5.65 Å². The van der Waals surface area contributed by atoms with E-state index in [1.54, 1.807) is 4.68 Å². The molecule has 0 spiro atoms. The first-order valence-electron chi connectivity index (χ1n) is 6.39. The van der Waals surface area contributed by atoms with Gasteiger partial charge in [-0.3, -0.25) is 4.79 Å². The highest BCUT2D eigenvalue weighted by molar-refractivity contribution is 6.38. The molecule has 0 fully saturated rings. The summed E-state index contributed by atoms with van der Waals surface area (Å²) in [5.41, 5.74) is 8.85. The lowest BCUT2D eigenvalue weighted by Gasteiger charge is -2.04. The zero-order valence-corrected chi connectivity index (χ0v) is 12.3. The van der Waals surface area contributed by atoms with Gasteiger partial charge in [-0.2, -0.15) is 5.10 Å². The number of aryl methyl sites for hydroxylation is 2. The minimum absolute atomic E-state index is 0.204. The van der Waals surface area contributed by atoms with Crippen LogP contribution in [0.25, 0.3) is 16.7 Å². The predicted octanol–water partition coefficient (Wildman–Crippen LogP) is 2.79. The molecule has 5 nitrogen and oxygen atoms in total. The van der Waals surface area contributed by atoms with Crippen molar-refractivity contribution in [1.29, 1.82) is 0 Å². The largest absolute Gasteiger partial charge is 0.366 e. The third-order valence-electron chi connectivity index (χ3n) is 3.35. The number of amides is 1. The van der Waals surface area contributed by atoms with Crippen molar-refractivity contribution >= 4 is 28.5 Å². The Bertz CT molecular complexity index is 852. The van der Waals surface area contributed by atoms with Gasteiger partial charge in [-0.05, 0) is 26.0 Å². The van der Waals surface area contributed by atoms with Gasteiger partial charge in [-0.25, -0.2) is 9.67 Å². The number of pyridine rings is 1. The normalized spacial score (nSPS) is 11.0. The van der Waals surface area contributed by atoms with Crippen LogP contribution in [0, 0.1) is 13.8 Å². The maximum atomic E-state index is 11.4. The molecule has 3 rings (SSSR count). The van der Waals surface area contributed by atoms with Crippen molar-refractivity contribution in [2.45, 2.75) is 13.8 Å². The summed E-state index contributed by atoms with van der Waals surface area (Å²) in [5, 5.41) is 5.41. The fourth-order valence-electron chi connectivity index (χ4n) is 2.25. The van der Waals surface area contributed by atoms with Crippen LogP contribution in [0.15, 0.2) is 30.5 Å². The monoisotopic (exact) mass is 300 g/mol. The molecule has 0 saturated carbocycles. The minimum Gasteiger partial charge on any atom is -0.366 e. The number of aromatic nitrogens is 3. The van der Waals surface area contributed by atoms with Crippen molar-refractivity contribution in [2.24, 2.45) is 5.73 Å². The molecule has 0 aliphatic heterocycles. The second kappa shape index (κ2) is 4.86. The molecule has 0 radical (unpaired) electrons. The smallest absolute Gasteiger partial charge is 0.251 e. The van der Waals surface area contributed by atoms with E-state index < -0.39 is 5.91 Å². The van der Waals surface area contributed by atoms with Gasteiger partial charge in [0.05, 0.1) is 27.4 Å². The standard InChI is InChI=1S/C15H13ClN4O/c1-8-3-5-10(6-4-8)20-15-12(9(2)19-20)13(16)11(7-18-15)14(17)21/h3-7H,1-2H3,(H2,17,21). The van der Waals surface area contributed by atoms with Crippen molar-refractivity contribution in [2.75, 3.05) is 0 Å². The Morgan fingerprint density at radius 2 is 1.90 bits per heavy atom. The Hall–Kier alpha value is -2.40. The van der Waals surface area contributed by atoms with Gasteiger partial charge in [0, 0.05) is 6.20 Å². The highest BCUT2D eigenvalue weighted by atomic mass is 35.5. The lowest BCUT2D eigenvalue weighted by Crippen LogP contribution is -2.12. The summed E-state index contributed by atoms with van der Waals surface area (Å²) in [6.07, 6.45) is 1.39. The molecule has 21 heavy (non-hydrogen) atoms. The molecule has 6 heteroatoms. The zero-order chi connectivity index (χ0) is 15.1. The summed E-state index contributed by atoms with van der Waals surface area (Å²) < 4.78 is 1.71. The van der Waals surface area contributed by atoms with Crippen LogP contribution < -0.4 is 5.73 Å². The maximum Gasteiger partial charge on any atom is 0.251 e. The van der Waals surface area contributed by atoms with E-state index in [-0.39, 0.29) is 5.56 Å². The average molecular weight is 301 g/mol. The average Bonchev–Trinajstić information content (AvgIpc) is 2.78. The second-order valence-electron chi connectivity index (χ2n) is 4.88. The van der Waals surface area contributed by atoms with E-state index in [1.165, 1.54) is 6.20 Å². The van der Waals surface area contributed by atoms with Gasteiger partial charge in [0.1, 0.15) is 0 Å². The molecule has 2 heterocycles. The van der Waals surface area contributed by atoms with E-state index in [9.17, 15) is 4.79 Å². The van der Waals surface area contributed by atoms with Crippen LogP contribution in [0.4, 0.5) is 0 Å². The molecule has 1 amide bonds.